The first kappa shape index (κ1) is 36.4. The third kappa shape index (κ3) is 6.55. The van der Waals surface area contributed by atoms with Gasteiger partial charge in [-0.05, 0) is 93.5 Å². The maximum Gasteiger partial charge on any atom is 0.164 e. The molecular formula is C58H39N5. The number of aromatic nitrogens is 4. The van der Waals surface area contributed by atoms with Gasteiger partial charge in [-0.2, -0.15) is 0 Å². The van der Waals surface area contributed by atoms with Gasteiger partial charge >= 0.3 is 0 Å². The maximum absolute atomic E-state index is 5.01. The highest BCUT2D eigenvalue weighted by atomic mass is 15.0. The van der Waals surface area contributed by atoms with Crippen LogP contribution in [-0.4, -0.2) is 19.5 Å². The van der Waals surface area contributed by atoms with Gasteiger partial charge in [0.1, 0.15) is 0 Å². The molecule has 0 fully saturated rings. The van der Waals surface area contributed by atoms with Crippen LogP contribution in [0, 0.1) is 0 Å². The molecule has 1 aliphatic heterocycles. The Kier molecular flexibility index (Phi) is 8.82. The summed E-state index contributed by atoms with van der Waals surface area (Å²) >= 11 is 0. The van der Waals surface area contributed by atoms with Gasteiger partial charge in [-0.25, -0.2) is 15.0 Å². The summed E-state index contributed by atoms with van der Waals surface area (Å²) in [6.07, 6.45) is 0. The number of nitrogens with one attached hydrogen (secondary N) is 1. The molecule has 0 amide bonds. The molecule has 3 heterocycles. The molecule has 0 aliphatic carbocycles. The minimum Gasteiger partial charge on any atom is -0.374 e. The van der Waals surface area contributed by atoms with E-state index in [9.17, 15) is 0 Å². The summed E-state index contributed by atoms with van der Waals surface area (Å²) in [6.45, 7) is 0. The number of anilines is 1. The van der Waals surface area contributed by atoms with Crippen molar-refractivity contribution in [1.29, 1.82) is 0 Å². The second-order valence-electron chi connectivity index (χ2n) is 16.1. The average molecular weight is 806 g/mol. The molecule has 296 valence electrons. The average Bonchev–Trinajstić information content (AvgIpc) is 3.69. The van der Waals surface area contributed by atoms with Crippen molar-refractivity contribution in [3.8, 4) is 73.2 Å². The highest BCUT2D eigenvalue weighted by Gasteiger charge is 2.28. The lowest BCUT2D eigenvalue weighted by atomic mass is 9.85. The van der Waals surface area contributed by atoms with Gasteiger partial charge in [-0.15, -0.1) is 0 Å². The summed E-state index contributed by atoms with van der Waals surface area (Å²) in [4.78, 5) is 14.9. The predicted octanol–water partition coefficient (Wildman–Crippen LogP) is 14.5. The summed E-state index contributed by atoms with van der Waals surface area (Å²) in [5.41, 5.74) is 17.0. The largest absolute Gasteiger partial charge is 0.374 e. The predicted molar refractivity (Wildman–Crippen MR) is 259 cm³/mol. The van der Waals surface area contributed by atoms with E-state index in [0.29, 0.717) is 17.5 Å². The van der Waals surface area contributed by atoms with E-state index in [2.05, 4.69) is 174 Å². The molecule has 1 aliphatic rings. The van der Waals surface area contributed by atoms with Gasteiger partial charge in [0.25, 0.3) is 0 Å². The Hall–Kier alpha value is -8.41. The molecule has 1 unspecified atom stereocenters. The molecule has 2 aromatic heterocycles. The van der Waals surface area contributed by atoms with Gasteiger partial charge in [0.05, 0.1) is 17.1 Å². The quantitative estimate of drug-likeness (QED) is 0.174. The van der Waals surface area contributed by atoms with Crippen LogP contribution in [0.25, 0.3) is 95.0 Å². The van der Waals surface area contributed by atoms with Crippen LogP contribution in [0.2, 0.25) is 0 Å². The summed E-state index contributed by atoms with van der Waals surface area (Å²) in [5, 5.41) is 6.33. The molecule has 12 rings (SSSR count). The van der Waals surface area contributed by atoms with Crippen LogP contribution in [0.3, 0.4) is 0 Å². The smallest absolute Gasteiger partial charge is 0.164 e. The van der Waals surface area contributed by atoms with Crippen LogP contribution in [0.15, 0.2) is 224 Å². The van der Waals surface area contributed by atoms with Crippen molar-refractivity contribution >= 4 is 27.5 Å². The number of benzene rings is 9. The van der Waals surface area contributed by atoms with E-state index < -0.39 is 0 Å². The summed E-state index contributed by atoms with van der Waals surface area (Å²) in [5.74, 6) is 1.93. The third-order valence-electron chi connectivity index (χ3n) is 12.3. The van der Waals surface area contributed by atoms with Crippen molar-refractivity contribution in [1.82, 2.24) is 19.5 Å². The van der Waals surface area contributed by atoms with Crippen molar-refractivity contribution in [2.24, 2.45) is 0 Å². The first-order chi connectivity index (χ1) is 31.2. The topological polar surface area (TPSA) is 55.6 Å². The maximum atomic E-state index is 5.01. The van der Waals surface area contributed by atoms with E-state index in [1.165, 1.54) is 44.1 Å². The van der Waals surface area contributed by atoms with Crippen LogP contribution in [-0.2, 0) is 0 Å². The Morgan fingerprint density at radius 2 is 0.841 bits per heavy atom. The van der Waals surface area contributed by atoms with Crippen LogP contribution in [0.5, 0.6) is 0 Å². The lowest BCUT2D eigenvalue weighted by molar-refractivity contribution is 0.931. The van der Waals surface area contributed by atoms with Gasteiger partial charge in [-0.1, -0.05) is 170 Å². The van der Waals surface area contributed by atoms with Crippen LogP contribution >= 0.6 is 0 Å². The molecule has 0 spiro atoms. The van der Waals surface area contributed by atoms with Crippen molar-refractivity contribution in [2.75, 3.05) is 5.32 Å². The Bertz CT molecular complexity index is 3410. The molecule has 0 radical (unpaired) electrons. The molecule has 0 bridgehead atoms. The fraction of sp³-hybridized carbons (Fsp3) is 0.0172. The minimum atomic E-state index is 0.0153. The van der Waals surface area contributed by atoms with E-state index in [0.717, 1.165) is 50.3 Å². The normalized spacial score (nSPS) is 13.0. The lowest BCUT2D eigenvalue weighted by Crippen LogP contribution is -2.18. The molecule has 5 heteroatoms. The van der Waals surface area contributed by atoms with Gasteiger partial charge < -0.3 is 9.88 Å². The second-order valence-corrected chi connectivity index (χ2v) is 16.1. The van der Waals surface area contributed by atoms with Crippen LogP contribution in [0.4, 0.5) is 5.69 Å². The number of fused-ring (bicyclic) bond motifs is 6. The third-order valence-corrected chi connectivity index (χ3v) is 12.3. The monoisotopic (exact) mass is 805 g/mol. The minimum absolute atomic E-state index is 0.0153. The SMILES string of the molecule is c1ccc(-c2nc(-c3ccccc3)nc(-c3cccc(-c4cccc(-c5ccc6c(c5)c5cc7c(cc5n6-c5ccccc5)C(c5ccccc5)Nc5ccccc5-7)c4)c3)n2)cc1. The second kappa shape index (κ2) is 15.2. The number of para-hydroxylation sites is 2. The zero-order valence-corrected chi connectivity index (χ0v) is 34.2. The lowest BCUT2D eigenvalue weighted by Gasteiger charge is -2.30. The molecule has 0 saturated carbocycles. The van der Waals surface area contributed by atoms with Crippen molar-refractivity contribution in [3.63, 3.8) is 0 Å². The number of hydrogen-bond acceptors (Lipinski definition) is 4. The van der Waals surface area contributed by atoms with E-state index in [1.54, 1.807) is 0 Å². The van der Waals surface area contributed by atoms with Gasteiger partial charge in [0.2, 0.25) is 0 Å². The van der Waals surface area contributed by atoms with E-state index in [1.807, 2.05) is 60.7 Å². The Morgan fingerprint density at radius 3 is 1.49 bits per heavy atom. The molecule has 9 aromatic carbocycles. The zero-order chi connectivity index (χ0) is 41.7. The number of rotatable bonds is 7. The fourth-order valence-electron chi connectivity index (χ4n) is 9.23. The first-order valence-electron chi connectivity index (χ1n) is 21.4. The molecule has 63 heavy (non-hydrogen) atoms. The van der Waals surface area contributed by atoms with Crippen LogP contribution in [0.1, 0.15) is 17.2 Å². The van der Waals surface area contributed by atoms with Crippen LogP contribution < -0.4 is 5.32 Å². The van der Waals surface area contributed by atoms with Gasteiger partial charge in [0, 0.05) is 44.4 Å². The molecule has 1 atom stereocenters. The standard InChI is InChI=1S/C58H39N5/c1-5-17-38(18-6-1)55-51-37-54-50(36-48(51)47-29-13-14-30-52(47)59-55)49-35-44(31-32-53(49)63(54)46-27-11-4-12-28-46)42-24-15-23-41(33-42)43-25-16-26-45(34-43)58-61-56(39-19-7-2-8-20-39)60-57(62-58)40-21-9-3-10-22-40/h1-37,55,59H. The molecule has 5 nitrogen and oxygen atoms in total. The summed E-state index contributed by atoms with van der Waals surface area (Å²) in [6, 6.07) is 79.6. The fourth-order valence-corrected chi connectivity index (χ4v) is 9.23. The Balaban J connectivity index is 0.982. The summed E-state index contributed by atoms with van der Waals surface area (Å²) < 4.78 is 2.42. The molecule has 0 saturated heterocycles. The van der Waals surface area contributed by atoms with Gasteiger partial charge in [0.15, 0.2) is 17.5 Å². The highest BCUT2D eigenvalue weighted by Crippen LogP contribution is 2.47. The van der Waals surface area contributed by atoms with Crippen molar-refractivity contribution in [3.05, 3.63) is 236 Å². The Labute approximate surface area is 365 Å². The van der Waals surface area contributed by atoms with E-state index >= 15 is 0 Å². The van der Waals surface area contributed by atoms with E-state index in [-0.39, 0.29) is 6.04 Å². The summed E-state index contributed by atoms with van der Waals surface area (Å²) in [7, 11) is 0. The zero-order valence-electron chi connectivity index (χ0n) is 34.2. The highest BCUT2D eigenvalue weighted by molar-refractivity contribution is 6.12. The van der Waals surface area contributed by atoms with Gasteiger partial charge in [-0.3, -0.25) is 0 Å². The van der Waals surface area contributed by atoms with E-state index in [4.69, 9.17) is 15.0 Å². The number of nitrogens with zero attached hydrogens (tertiary/aromatic N) is 4. The Morgan fingerprint density at radius 1 is 0.349 bits per heavy atom. The van der Waals surface area contributed by atoms with Crippen molar-refractivity contribution in [2.45, 2.75) is 6.04 Å². The first-order valence-corrected chi connectivity index (χ1v) is 21.4. The molecular weight excluding hydrogens is 767 g/mol. The molecule has 1 N–H and O–H groups in total. The van der Waals surface area contributed by atoms with Crippen molar-refractivity contribution < 1.29 is 0 Å². The molecule has 11 aromatic rings. The number of hydrogen-bond donors (Lipinski definition) is 1.